The van der Waals surface area contributed by atoms with Crippen molar-refractivity contribution in [2.75, 3.05) is 11.9 Å². The lowest BCUT2D eigenvalue weighted by atomic mass is 10.3. The summed E-state index contributed by atoms with van der Waals surface area (Å²) in [5.74, 6) is 0.761. The van der Waals surface area contributed by atoms with Gasteiger partial charge < -0.3 is 10.1 Å². The van der Waals surface area contributed by atoms with Crippen molar-refractivity contribution in [3.8, 4) is 5.75 Å². The number of carbonyl (C=O) groups excluding carboxylic acids is 1. The Kier molecular flexibility index (Phi) is 4.83. The highest BCUT2D eigenvalue weighted by Crippen LogP contribution is 2.16. The van der Waals surface area contributed by atoms with E-state index in [9.17, 15) is 4.79 Å². The van der Waals surface area contributed by atoms with Gasteiger partial charge in [0.1, 0.15) is 5.75 Å². The van der Waals surface area contributed by atoms with Gasteiger partial charge in [-0.2, -0.15) is 0 Å². The number of amides is 2. The SMILES string of the molecule is CCOc1ccc(NC(=O)N=Nc2ccccc2)cc1. The van der Waals surface area contributed by atoms with Gasteiger partial charge in [-0.15, -0.1) is 5.11 Å². The first-order valence-corrected chi connectivity index (χ1v) is 6.28. The summed E-state index contributed by atoms with van der Waals surface area (Å²) in [4.78, 5) is 11.6. The zero-order valence-electron chi connectivity index (χ0n) is 11.1. The molecule has 102 valence electrons. The number of urea groups is 1. The van der Waals surface area contributed by atoms with E-state index in [0.29, 0.717) is 18.0 Å². The van der Waals surface area contributed by atoms with Gasteiger partial charge in [0.2, 0.25) is 0 Å². The van der Waals surface area contributed by atoms with Crippen molar-refractivity contribution in [3.63, 3.8) is 0 Å². The van der Waals surface area contributed by atoms with Crippen molar-refractivity contribution >= 4 is 17.4 Å². The molecular weight excluding hydrogens is 254 g/mol. The number of hydrogen-bond donors (Lipinski definition) is 1. The van der Waals surface area contributed by atoms with E-state index in [1.54, 1.807) is 36.4 Å². The number of nitrogens with zero attached hydrogens (tertiary/aromatic N) is 2. The molecule has 5 heteroatoms. The van der Waals surface area contributed by atoms with Crippen molar-refractivity contribution in [2.24, 2.45) is 10.2 Å². The highest BCUT2D eigenvalue weighted by atomic mass is 16.5. The fourth-order valence-corrected chi connectivity index (χ4v) is 1.55. The smallest absolute Gasteiger partial charge is 0.364 e. The molecule has 0 spiro atoms. The number of carbonyl (C=O) groups is 1. The first kappa shape index (κ1) is 13.7. The van der Waals surface area contributed by atoms with Crippen LogP contribution in [0.2, 0.25) is 0 Å². The number of azo groups is 1. The maximum absolute atomic E-state index is 11.6. The average Bonchev–Trinajstić information content (AvgIpc) is 2.49. The van der Waals surface area contributed by atoms with Gasteiger partial charge in [0.15, 0.2) is 0 Å². The van der Waals surface area contributed by atoms with Crippen LogP contribution in [0.25, 0.3) is 0 Å². The van der Waals surface area contributed by atoms with E-state index in [-0.39, 0.29) is 0 Å². The summed E-state index contributed by atoms with van der Waals surface area (Å²) in [5, 5.41) is 10.1. The Labute approximate surface area is 117 Å². The average molecular weight is 269 g/mol. The molecule has 2 aromatic carbocycles. The molecule has 0 fully saturated rings. The first-order valence-electron chi connectivity index (χ1n) is 6.28. The van der Waals surface area contributed by atoms with Crippen LogP contribution in [0.5, 0.6) is 5.75 Å². The topological polar surface area (TPSA) is 63.0 Å². The van der Waals surface area contributed by atoms with Gasteiger partial charge in [0.05, 0.1) is 12.3 Å². The van der Waals surface area contributed by atoms with Crippen LogP contribution in [0, 0.1) is 0 Å². The summed E-state index contributed by atoms with van der Waals surface area (Å²) in [7, 11) is 0. The van der Waals surface area contributed by atoms with Crippen molar-refractivity contribution in [2.45, 2.75) is 6.92 Å². The number of benzene rings is 2. The van der Waals surface area contributed by atoms with Crippen LogP contribution >= 0.6 is 0 Å². The summed E-state index contributed by atoms with van der Waals surface area (Å²) < 4.78 is 5.32. The lowest BCUT2D eigenvalue weighted by Gasteiger charge is -2.04. The number of hydrogen-bond acceptors (Lipinski definition) is 3. The van der Waals surface area contributed by atoms with Crippen molar-refractivity contribution in [1.29, 1.82) is 0 Å². The molecule has 0 heterocycles. The van der Waals surface area contributed by atoms with E-state index in [1.165, 1.54) is 0 Å². The monoisotopic (exact) mass is 269 g/mol. The molecule has 0 aliphatic rings. The summed E-state index contributed by atoms with van der Waals surface area (Å²) in [5.41, 5.74) is 1.28. The van der Waals surface area contributed by atoms with Gasteiger partial charge in [-0.1, -0.05) is 23.3 Å². The van der Waals surface area contributed by atoms with Gasteiger partial charge in [-0.3, -0.25) is 0 Å². The molecule has 0 saturated heterocycles. The Balaban J connectivity index is 1.92. The molecule has 0 aromatic heterocycles. The van der Waals surface area contributed by atoms with Gasteiger partial charge >= 0.3 is 6.03 Å². The van der Waals surface area contributed by atoms with Crippen molar-refractivity contribution in [1.82, 2.24) is 0 Å². The van der Waals surface area contributed by atoms with E-state index < -0.39 is 6.03 Å². The van der Waals surface area contributed by atoms with E-state index in [0.717, 1.165) is 5.75 Å². The Morgan fingerprint density at radius 3 is 2.45 bits per heavy atom. The van der Waals surface area contributed by atoms with E-state index in [4.69, 9.17) is 4.74 Å². The third-order valence-corrected chi connectivity index (χ3v) is 2.43. The first-order chi connectivity index (χ1) is 9.78. The predicted molar refractivity (Wildman–Crippen MR) is 77.6 cm³/mol. The van der Waals surface area contributed by atoms with Crippen LogP contribution in [0.3, 0.4) is 0 Å². The van der Waals surface area contributed by atoms with Gasteiger partial charge in [0, 0.05) is 5.69 Å². The van der Waals surface area contributed by atoms with Crippen LogP contribution in [0.1, 0.15) is 6.92 Å². The minimum Gasteiger partial charge on any atom is -0.494 e. The normalized spacial score (nSPS) is 10.4. The Morgan fingerprint density at radius 2 is 1.80 bits per heavy atom. The Morgan fingerprint density at radius 1 is 1.10 bits per heavy atom. The second kappa shape index (κ2) is 7.04. The zero-order chi connectivity index (χ0) is 14.2. The molecule has 0 aliphatic carbocycles. The van der Waals surface area contributed by atoms with Crippen LogP contribution in [-0.4, -0.2) is 12.6 Å². The number of nitrogens with one attached hydrogen (secondary N) is 1. The molecule has 0 saturated carbocycles. The van der Waals surface area contributed by atoms with E-state index in [2.05, 4.69) is 15.5 Å². The van der Waals surface area contributed by atoms with E-state index >= 15 is 0 Å². The van der Waals surface area contributed by atoms with Crippen LogP contribution in [0.15, 0.2) is 64.8 Å². The fraction of sp³-hybridized carbons (Fsp3) is 0.133. The quantitative estimate of drug-likeness (QED) is 0.836. The van der Waals surface area contributed by atoms with Crippen molar-refractivity contribution < 1.29 is 9.53 Å². The lowest BCUT2D eigenvalue weighted by Crippen LogP contribution is -2.05. The predicted octanol–water partition coefficient (Wildman–Crippen LogP) is 4.40. The second-order valence-electron chi connectivity index (χ2n) is 3.92. The van der Waals surface area contributed by atoms with Gasteiger partial charge in [-0.05, 0) is 43.3 Å². The number of ether oxygens (including phenoxy) is 1. The molecule has 20 heavy (non-hydrogen) atoms. The summed E-state index contributed by atoms with van der Waals surface area (Å²) in [6.45, 7) is 2.52. The Bertz CT molecular complexity index is 580. The lowest BCUT2D eigenvalue weighted by molar-refractivity contribution is 0.258. The standard InChI is InChI=1S/C15H15N3O2/c1-2-20-14-10-8-12(9-11-14)16-15(19)18-17-13-6-4-3-5-7-13/h3-11H,2H2,1H3,(H,16,19). The minimum absolute atomic E-state index is 0.516. The maximum Gasteiger partial charge on any atom is 0.364 e. The third-order valence-electron chi connectivity index (χ3n) is 2.43. The molecule has 5 nitrogen and oxygen atoms in total. The third kappa shape index (κ3) is 4.20. The molecule has 0 radical (unpaired) electrons. The largest absolute Gasteiger partial charge is 0.494 e. The van der Waals surface area contributed by atoms with Crippen LogP contribution < -0.4 is 10.1 Å². The number of anilines is 1. The summed E-state index contributed by atoms with van der Waals surface area (Å²) in [6.07, 6.45) is 0. The van der Waals surface area contributed by atoms with Gasteiger partial charge in [-0.25, -0.2) is 4.79 Å². The Hall–Kier alpha value is -2.69. The molecule has 0 bridgehead atoms. The van der Waals surface area contributed by atoms with E-state index in [1.807, 2.05) is 25.1 Å². The molecule has 2 aromatic rings. The number of rotatable bonds is 4. The maximum atomic E-state index is 11.6. The van der Waals surface area contributed by atoms with Gasteiger partial charge in [0.25, 0.3) is 0 Å². The minimum atomic E-state index is -0.516. The highest BCUT2D eigenvalue weighted by molar-refractivity contribution is 5.89. The second-order valence-corrected chi connectivity index (χ2v) is 3.92. The molecule has 0 unspecified atom stereocenters. The fourth-order valence-electron chi connectivity index (χ4n) is 1.55. The molecular formula is C15H15N3O2. The molecule has 0 atom stereocenters. The zero-order valence-corrected chi connectivity index (χ0v) is 11.1. The molecule has 0 aliphatic heterocycles. The molecule has 1 N–H and O–H groups in total. The van der Waals surface area contributed by atoms with Crippen LogP contribution in [0.4, 0.5) is 16.2 Å². The summed E-state index contributed by atoms with van der Waals surface area (Å²) in [6, 6.07) is 15.6. The highest BCUT2D eigenvalue weighted by Gasteiger charge is 2.00. The molecule has 2 amide bonds. The summed E-state index contributed by atoms with van der Waals surface area (Å²) >= 11 is 0. The van der Waals surface area contributed by atoms with Crippen molar-refractivity contribution in [3.05, 3.63) is 54.6 Å². The van der Waals surface area contributed by atoms with Crippen LogP contribution in [-0.2, 0) is 0 Å². The molecule has 2 rings (SSSR count).